The second kappa shape index (κ2) is 7.93. The molecule has 0 unspecified atom stereocenters. The van der Waals surface area contributed by atoms with Gasteiger partial charge in [-0.3, -0.25) is 4.79 Å². The van der Waals surface area contributed by atoms with Gasteiger partial charge in [-0.1, -0.05) is 40.9 Å². The summed E-state index contributed by atoms with van der Waals surface area (Å²) in [6, 6.07) is 11.4. The van der Waals surface area contributed by atoms with Crippen molar-refractivity contribution in [3.8, 4) is 6.07 Å². The minimum absolute atomic E-state index is 0.168. The van der Waals surface area contributed by atoms with Crippen LogP contribution in [0.25, 0.3) is 0 Å². The number of rotatable bonds is 4. The number of amides is 1. The normalized spacial score (nSPS) is 10.8. The summed E-state index contributed by atoms with van der Waals surface area (Å²) in [5, 5.41) is 15.3. The summed E-state index contributed by atoms with van der Waals surface area (Å²) >= 11 is 17.9. The number of carbonyl (C=O) groups is 1. The molecule has 0 heterocycles. The molecule has 2 aromatic carbocycles. The van der Waals surface area contributed by atoms with Crippen LogP contribution in [0.1, 0.15) is 0 Å². The Kier molecular flexibility index (Phi) is 5.93. The fourth-order valence-corrected chi connectivity index (χ4v) is 2.33. The predicted molar refractivity (Wildman–Crippen MR) is 98.3 cm³/mol. The van der Waals surface area contributed by atoms with Gasteiger partial charge in [0.15, 0.2) is 0 Å². The molecule has 0 aromatic heterocycles. The zero-order valence-electron chi connectivity index (χ0n) is 12.1. The molecular formula is C16H11Cl3N4O. The summed E-state index contributed by atoms with van der Waals surface area (Å²) in [6.45, 7) is 0. The summed E-state index contributed by atoms with van der Waals surface area (Å²) in [7, 11) is 0. The summed E-state index contributed by atoms with van der Waals surface area (Å²) < 4.78 is 0. The number of carbonyl (C=O) groups excluding carboxylic acids is 1. The third kappa shape index (κ3) is 4.33. The van der Waals surface area contributed by atoms with E-state index in [0.717, 1.165) is 0 Å². The maximum atomic E-state index is 12.2. The van der Waals surface area contributed by atoms with Crippen molar-refractivity contribution in [2.75, 3.05) is 16.4 Å². The zero-order valence-corrected chi connectivity index (χ0v) is 14.4. The van der Waals surface area contributed by atoms with Crippen LogP contribution < -0.4 is 16.4 Å². The molecule has 4 N–H and O–H groups in total. The largest absolute Gasteiger partial charge is 0.399 e. The Hall–Kier alpha value is -2.39. The first-order valence-electron chi connectivity index (χ1n) is 6.59. The number of nitriles is 1. The van der Waals surface area contributed by atoms with Gasteiger partial charge in [-0.15, -0.1) is 0 Å². The number of nitrogens with zero attached hydrogens (tertiary/aromatic N) is 1. The van der Waals surface area contributed by atoms with Crippen LogP contribution in [0.3, 0.4) is 0 Å². The molecule has 1 amide bonds. The van der Waals surface area contributed by atoms with Crippen molar-refractivity contribution >= 4 is 57.8 Å². The van der Waals surface area contributed by atoms with Crippen molar-refractivity contribution in [1.29, 1.82) is 5.26 Å². The van der Waals surface area contributed by atoms with Gasteiger partial charge in [-0.05, 0) is 30.3 Å². The van der Waals surface area contributed by atoms with Gasteiger partial charge in [0.2, 0.25) is 0 Å². The van der Waals surface area contributed by atoms with Gasteiger partial charge in [0.1, 0.15) is 11.6 Å². The van der Waals surface area contributed by atoms with Crippen molar-refractivity contribution in [3.63, 3.8) is 0 Å². The van der Waals surface area contributed by atoms with E-state index in [9.17, 15) is 4.79 Å². The van der Waals surface area contributed by atoms with Crippen molar-refractivity contribution in [3.05, 3.63) is 63.2 Å². The monoisotopic (exact) mass is 380 g/mol. The molecule has 24 heavy (non-hydrogen) atoms. The number of nitrogens with two attached hydrogens (primary N) is 1. The molecule has 122 valence electrons. The first kappa shape index (κ1) is 18.0. The van der Waals surface area contributed by atoms with E-state index in [0.29, 0.717) is 27.1 Å². The Balaban J connectivity index is 2.17. The molecule has 2 rings (SSSR count). The molecule has 0 saturated heterocycles. The average molecular weight is 382 g/mol. The van der Waals surface area contributed by atoms with E-state index in [-0.39, 0.29) is 10.6 Å². The minimum Gasteiger partial charge on any atom is -0.399 e. The van der Waals surface area contributed by atoms with Crippen molar-refractivity contribution in [2.24, 2.45) is 0 Å². The number of nitrogen functional groups attached to an aromatic ring is 1. The molecule has 2 aromatic rings. The van der Waals surface area contributed by atoms with E-state index in [1.807, 2.05) is 0 Å². The van der Waals surface area contributed by atoms with Crippen molar-refractivity contribution in [1.82, 2.24) is 0 Å². The highest BCUT2D eigenvalue weighted by Gasteiger charge is 2.12. The Morgan fingerprint density at radius 2 is 1.88 bits per heavy atom. The lowest BCUT2D eigenvalue weighted by atomic mass is 10.2. The molecule has 0 aliphatic rings. The highest BCUT2D eigenvalue weighted by Crippen LogP contribution is 2.30. The number of halogens is 3. The molecule has 5 nitrogen and oxygen atoms in total. The summed E-state index contributed by atoms with van der Waals surface area (Å²) in [6.07, 6.45) is 1.24. The topological polar surface area (TPSA) is 90.9 Å². The zero-order chi connectivity index (χ0) is 17.7. The predicted octanol–water partition coefficient (Wildman–Crippen LogP) is 4.69. The molecule has 0 bridgehead atoms. The fourth-order valence-electron chi connectivity index (χ4n) is 1.74. The Bertz CT molecular complexity index is 859. The second-order valence-corrected chi connectivity index (χ2v) is 5.80. The average Bonchev–Trinajstić information content (AvgIpc) is 2.54. The van der Waals surface area contributed by atoms with Crippen molar-refractivity contribution in [2.45, 2.75) is 0 Å². The molecule has 0 spiro atoms. The van der Waals surface area contributed by atoms with E-state index in [1.54, 1.807) is 42.5 Å². The molecule has 0 saturated carbocycles. The summed E-state index contributed by atoms with van der Waals surface area (Å²) in [4.78, 5) is 12.2. The highest BCUT2D eigenvalue weighted by atomic mass is 35.5. The molecular weight excluding hydrogens is 371 g/mol. The van der Waals surface area contributed by atoms with E-state index in [4.69, 9.17) is 45.8 Å². The third-order valence-electron chi connectivity index (χ3n) is 2.93. The summed E-state index contributed by atoms with van der Waals surface area (Å²) in [5.41, 5.74) is 6.75. The SMILES string of the molecule is N#C/C(=C/Nc1ccc(N)cc1Cl)C(=O)Nc1cccc(Cl)c1Cl. The third-order valence-corrected chi connectivity index (χ3v) is 4.06. The van der Waals surface area contributed by atoms with Crippen LogP contribution in [0.15, 0.2) is 48.2 Å². The number of nitrogens with one attached hydrogen (secondary N) is 2. The first-order valence-corrected chi connectivity index (χ1v) is 7.73. The van der Waals surface area contributed by atoms with Gasteiger partial charge in [0.25, 0.3) is 5.91 Å². The van der Waals surface area contributed by atoms with E-state index < -0.39 is 5.91 Å². The highest BCUT2D eigenvalue weighted by molar-refractivity contribution is 6.44. The maximum Gasteiger partial charge on any atom is 0.267 e. The van der Waals surface area contributed by atoms with Crippen LogP contribution in [0.5, 0.6) is 0 Å². The van der Waals surface area contributed by atoms with Crippen LogP contribution >= 0.6 is 34.8 Å². The lowest BCUT2D eigenvalue weighted by Crippen LogP contribution is -2.15. The second-order valence-electron chi connectivity index (χ2n) is 4.61. The molecule has 8 heteroatoms. The molecule has 0 aliphatic heterocycles. The van der Waals surface area contributed by atoms with Gasteiger partial charge in [0.05, 0.1) is 26.4 Å². The van der Waals surface area contributed by atoms with Crippen LogP contribution in [0.4, 0.5) is 17.1 Å². The van der Waals surface area contributed by atoms with Gasteiger partial charge >= 0.3 is 0 Å². The standard InChI is InChI=1S/C16H11Cl3N4O/c17-11-2-1-3-14(15(11)19)23-16(24)9(7-20)8-22-13-5-4-10(21)6-12(13)18/h1-6,8,22H,21H2,(H,23,24)/b9-8-. The molecule has 0 atom stereocenters. The van der Waals surface area contributed by atoms with Crippen LogP contribution in [-0.2, 0) is 4.79 Å². The Morgan fingerprint density at radius 1 is 1.12 bits per heavy atom. The lowest BCUT2D eigenvalue weighted by molar-refractivity contribution is -0.112. The lowest BCUT2D eigenvalue weighted by Gasteiger charge is -2.08. The van der Waals surface area contributed by atoms with Gasteiger partial charge in [0, 0.05) is 11.9 Å². The summed E-state index contributed by atoms with van der Waals surface area (Å²) in [5.74, 6) is -0.638. The number of benzene rings is 2. The maximum absolute atomic E-state index is 12.2. The number of hydrogen-bond acceptors (Lipinski definition) is 4. The first-order chi connectivity index (χ1) is 11.4. The van der Waals surface area contributed by atoms with Gasteiger partial charge in [-0.25, -0.2) is 0 Å². The van der Waals surface area contributed by atoms with Crippen LogP contribution in [-0.4, -0.2) is 5.91 Å². The van der Waals surface area contributed by atoms with Gasteiger partial charge in [-0.2, -0.15) is 5.26 Å². The molecule has 0 aliphatic carbocycles. The van der Waals surface area contributed by atoms with E-state index >= 15 is 0 Å². The minimum atomic E-state index is -0.638. The quantitative estimate of drug-likeness (QED) is 0.407. The smallest absolute Gasteiger partial charge is 0.267 e. The Labute approximate surface area is 153 Å². The van der Waals surface area contributed by atoms with E-state index in [1.165, 1.54) is 6.20 Å². The number of hydrogen-bond donors (Lipinski definition) is 3. The molecule has 0 fully saturated rings. The Morgan fingerprint density at radius 3 is 2.54 bits per heavy atom. The van der Waals surface area contributed by atoms with Gasteiger partial charge < -0.3 is 16.4 Å². The molecule has 0 radical (unpaired) electrons. The number of anilines is 3. The van der Waals surface area contributed by atoms with Crippen LogP contribution in [0.2, 0.25) is 15.1 Å². The van der Waals surface area contributed by atoms with Crippen LogP contribution in [0, 0.1) is 11.3 Å². The van der Waals surface area contributed by atoms with E-state index in [2.05, 4.69) is 10.6 Å². The van der Waals surface area contributed by atoms with Crippen molar-refractivity contribution < 1.29 is 4.79 Å². The fraction of sp³-hybridized carbons (Fsp3) is 0.